The van der Waals surface area contributed by atoms with Crippen molar-refractivity contribution < 1.29 is 0 Å². The van der Waals surface area contributed by atoms with Gasteiger partial charge >= 0.3 is 0 Å². The summed E-state index contributed by atoms with van der Waals surface area (Å²) in [4.78, 5) is 2.76. The first-order valence-electron chi connectivity index (χ1n) is 8.56. The second-order valence-corrected chi connectivity index (χ2v) is 7.50. The van der Waals surface area contributed by atoms with E-state index in [-0.39, 0.29) is 0 Å². The van der Waals surface area contributed by atoms with Crippen molar-refractivity contribution in [2.75, 3.05) is 32.7 Å². The summed E-state index contributed by atoms with van der Waals surface area (Å²) in [5.41, 5.74) is 0.681. The Hall–Kier alpha value is -0.0800. The zero-order chi connectivity index (χ0) is 13.7. The highest BCUT2D eigenvalue weighted by Gasteiger charge is 2.35. The van der Waals surface area contributed by atoms with Crippen LogP contribution >= 0.6 is 0 Å². The Kier molecular flexibility index (Phi) is 5.70. The van der Waals surface area contributed by atoms with Crippen molar-refractivity contribution in [2.24, 2.45) is 17.3 Å². The highest BCUT2D eigenvalue weighted by molar-refractivity contribution is 4.89. The van der Waals surface area contributed by atoms with E-state index in [1.54, 1.807) is 0 Å². The Morgan fingerprint density at radius 2 is 2.00 bits per heavy atom. The number of hydrogen-bond donors (Lipinski definition) is 1. The van der Waals surface area contributed by atoms with Gasteiger partial charge in [0.2, 0.25) is 0 Å². The number of hydrogen-bond acceptors (Lipinski definition) is 2. The van der Waals surface area contributed by atoms with Crippen LogP contribution in [0.2, 0.25) is 0 Å². The van der Waals surface area contributed by atoms with E-state index in [4.69, 9.17) is 0 Å². The molecule has 19 heavy (non-hydrogen) atoms. The summed E-state index contributed by atoms with van der Waals surface area (Å²) in [5.74, 6) is 1.67. The molecule has 0 aromatic heterocycles. The Morgan fingerprint density at radius 1 is 1.26 bits per heavy atom. The fourth-order valence-electron chi connectivity index (χ4n) is 4.02. The molecule has 0 aromatic carbocycles. The van der Waals surface area contributed by atoms with E-state index in [0.29, 0.717) is 5.41 Å². The van der Waals surface area contributed by atoms with E-state index in [9.17, 15) is 0 Å². The monoisotopic (exact) mass is 266 g/mol. The molecule has 112 valence electrons. The van der Waals surface area contributed by atoms with Gasteiger partial charge in [0.1, 0.15) is 0 Å². The lowest BCUT2D eigenvalue weighted by Crippen LogP contribution is -2.35. The van der Waals surface area contributed by atoms with Crippen molar-refractivity contribution in [3.63, 3.8) is 0 Å². The minimum atomic E-state index is 0.681. The fraction of sp³-hybridized carbons (Fsp3) is 1.00. The van der Waals surface area contributed by atoms with Crippen LogP contribution in [0.3, 0.4) is 0 Å². The lowest BCUT2D eigenvalue weighted by Gasteiger charge is -2.32. The average molecular weight is 266 g/mol. The quantitative estimate of drug-likeness (QED) is 0.758. The molecule has 2 nitrogen and oxygen atoms in total. The van der Waals surface area contributed by atoms with Gasteiger partial charge in [-0.05, 0) is 62.6 Å². The van der Waals surface area contributed by atoms with Crippen LogP contribution in [0.25, 0.3) is 0 Å². The highest BCUT2D eigenvalue weighted by Crippen LogP contribution is 2.42. The normalized spacial score (nSPS) is 27.5. The molecule has 2 fully saturated rings. The van der Waals surface area contributed by atoms with Gasteiger partial charge in [0.15, 0.2) is 0 Å². The third kappa shape index (κ3) is 4.46. The van der Waals surface area contributed by atoms with Gasteiger partial charge in [-0.3, -0.25) is 0 Å². The molecule has 2 rings (SSSR count). The van der Waals surface area contributed by atoms with E-state index >= 15 is 0 Å². The molecule has 0 spiro atoms. The number of rotatable bonds is 7. The summed E-state index contributed by atoms with van der Waals surface area (Å²) in [6.45, 7) is 13.5. The van der Waals surface area contributed by atoms with Crippen molar-refractivity contribution in [1.82, 2.24) is 10.2 Å². The Bertz CT molecular complexity index is 256. The molecule has 1 saturated carbocycles. The predicted octanol–water partition coefficient (Wildman–Crippen LogP) is 3.52. The van der Waals surface area contributed by atoms with Crippen molar-refractivity contribution in [2.45, 2.75) is 59.3 Å². The molecule has 1 aliphatic carbocycles. The molecular weight excluding hydrogens is 232 g/mol. The molecule has 2 heteroatoms. The Labute approximate surface area is 120 Å². The summed E-state index contributed by atoms with van der Waals surface area (Å²) in [7, 11) is 0. The van der Waals surface area contributed by atoms with E-state index in [0.717, 1.165) is 11.8 Å². The smallest absolute Gasteiger partial charge is 0.00380 e. The van der Waals surface area contributed by atoms with Gasteiger partial charge in [0.25, 0.3) is 0 Å². The maximum atomic E-state index is 3.64. The van der Waals surface area contributed by atoms with Crippen molar-refractivity contribution in [3.05, 3.63) is 0 Å². The fourth-order valence-corrected chi connectivity index (χ4v) is 4.02. The van der Waals surface area contributed by atoms with E-state index < -0.39 is 0 Å². The predicted molar refractivity (Wildman–Crippen MR) is 83.4 cm³/mol. The third-order valence-corrected chi connectivity index (χ3v) is 5.33. The minimum Gasteiger partial charge on any atom is -0.316 e. The van der Waals surface area contributed by atoms with Gasteiger partial charge in [-0.2, -0.15) is 0 Å². The first kappa shape index (κ1) is 15.3. The highest BCUT2D eigenvalue weighted by atomic mass is 15.2. The molecule has 1 N–H and O–H groups in total. The summed E-state index contributed by atoms with van der Waals surface area (Å²) in [6.07, 6.45) is 8.71. The van der Waals surface area contributed by atoms with Crippen LogP contribution in [0, 0.1) is 17.3 Å². The van der Waals surface area contributed by atoms with Gasteiger partial charge in [-0.15, -0.1) is 0 Å². The second kappa shape index (κ2) is 7.08. The maximum Gasteiger partial charge on any atom is 0.00380 e. The summed E-state index contributed by atoms with van der Waals surface area (Å²) < 4.78 is 0. The lowest BCUT2D eigenvalue weighted by atomic mass is 9.83. The van der Waals surface area contributed by atoms with Crippen LogP contribution in [-0.2, 0) is 0 Å². The molecule has 1 atom stereocenters. The van der Waals surface area contributed by atoms with Crippen LogP contribution < -0.4 is 5.32 Å². The molecular formula is C17H34N2. The topological polar surface area (TPSA) is 15.3 Å². The summed E-state index contributed by atoms with van der Waals surface area (Å²) >= 11 is 0. The molecule has 0 aromatic rings. The molecule has 0 amide bonds. The molecule has 1 aliphatic heterocycles. The zero-order valence-corrected chi connectivity index (χ0v) is 13.4. The van der Waals surface area contributed by atoms with E-state index in [1.165, 1.54) is 71.2 Å². The van der Waals surface area contributed by atoms with Crippen LogP contribution in [-0.4, -0.2) is 37.6 Å². The first-order chi connectivity index (χ1) is 9.13. The molecule has 0 bridgehead atoms. The average Bonchev–Trinajstić information content (AvgIpc) is 3.00. The summed E-state index contributed by atoms with van der Waals surface area (Å²) in [5, 5.41) is 3.64. The third-order valence-electron chi connectivity index (χ3n) is 5.33. The van der Waals surface area contributed by atoms with Crippen LogP contribution in [0.5, 0.6) is 0 Å². The Balaban J connectivity index is 1.69. The van der Waals surface area contributed by atoms with Crippen molar-refractivity contribution in [3.8, 4) is 0 Å². The van der Waals surface area contributed by atoms with Crippen LogP contribution in [0.15, 0.2) is 0 Å². The molecule has 1 saturated heterocycles. The molecule has 2 aliphatic rings. The molecule has 1 unspecified atom stereocenters. The zero-order valence-electron chi connectivity index (χ0n) is 13.4. The van der Waals surface area contributed by atoms with Gasteiger partial charge in [0, 0.05) is 13.1 Å². The van der Waals surface area contributed by atoms with E-state index in [1.807, 2.05) is 0 Å². The summed E-state index contributed by atoms with van der Waals surface area (Å²) in [6, 6.07) is 0. The van der Waals surface area contributed by atoms with Crippen molar-refractivity contribution in [1.29, 1.82) is 0 Å². The molecule has 1 heterocycles. The SMILES string of the molecule is CCC1(CN2CCC(CNCC(C)C)C2)CCCC1. The van der Waals surface area contributed by atoms with Crippen LogP contribution in [0.1, 0.15) is 59.3 Å². The lowest BCUT2D eigenvalue weighted by molar-refractivity contribution is 0.166. The number of nitrogens with zero attached hydrogens (tertiary/aromatic N) is 1. The largest absolute Gasteiger partial charge is 0.316 e. The standard InChI is InChI=1S/C17H34N2/c1-4-17(8-5-6-9-17)14-19-10-7-16(13-19)12-18-11-15(2)3/h15-16,18H,4-14H2,1-3H3. The van der Waals surface area contributed by atoms with Gasteiger partial charge in [-0.1, -0.05) is 33.6 Å². The number of nitrogens with one attached hydrogen (secondary N) is 1. The van der Waals surface area contributed by atoms with Gasteiger partial charge in [-0.25, -0.2) is 0 Å². The number of likely N-dealkylation sites (tertiary alicyclic amines) is 1. The van der Waals surface area contributed by atoms with E-state index in [2.05, 4.69) is 31.0 Å². The molecule has 0 radical (unpaired) electrons. The first-order valence-corrected chi connectivity index (χ1v) is 8.56. The van der Waals surface area contributed by atoms with Gasteiger partial charge in [0.05, 0.1) is 0 Å². The minimum absolute atomic E-state index is 0.681. The van der Waals surface area contributed by atoms with Crippen molar-refractivity contribution >= 4 is 0 Å². The Morgan fingerprint density at radius 3 is 2.63 bits per heavy atom. The maximum absolute atomic E-state index is 3.64. The van der Waals surface area contributed by atoms with Gasteiger partial charge < -0.3 is 10.2 Å². The van der Waals surface area contributed by atoms with Crippen LogP contribution in [0.4, 0.5) is 0 Å². The second-order valence-electron chi connectivity index (χ2n) is 7.50.